The molecule has 9 heteroatoms. The highest BCUT2D eigenvalue weighted by atomic mass is 32.2. The number of rotatable bonds is 4. The first-order valence-corrected chi connectivity index (χ1v) is 10.9. The molecule has 3 heterocycles. The molecule has 0 bridgehead atoms. The van der Waals surface area contributed by atoms with Crippen LogP contribution in [0.3, 0.4) is 0 Å². The van der Waals surface area contributed by atoms with Gasteiger partial charge in [-0.15, -0.1) is 0 Å². The van der Waals surface area contributed by atoms with Crippen LogP contribution in [0.1, 0.15) is 40.4 Å². The Morgan fingerprint density at radius 1 is 1.31 bits per heavy atom. The third kappa shape index (κ3) is 3.51. The van der Waals surface area contributed by atoms with Crippen LogP contribution in [0.4, 0.5) is 0 Å². The number of hydrogen-bond donors (Lipinski definition) is 1. The third-order valence-corrected chi connectivity index (χ3v) is 7.22. The maximum Gasteiger partial charge on any atom is 0.252 e. The van der Waals surface area contributed by atoms with E-state index in [1.807, 2.05) is 19.1 Å². The lowest BCUT2D eigenvalue weighted by molar-refractivity contribution is 0.0998. The Morgan fingerprint density at radius 3 is 2.86 bits per heavy atom. The van der Waals surface area contributed by atoms with E-state index in [9.17, 15) is 13.2 Å². The van der Waals surface area contributed by atoms with E-state index in [1.165, 1.54) is 4.31 Å². The number of carbonyl (C=O) groups excluding carboxylic acids is 1. The standard InChI is InChI=1S/C20H23N5O3S/c1-13-9-14-5-3-7-17(19(14)22-10-13)29(27,28)25-8-4-6-15(11-25)18-16(20(21)26)12-24(2)23-18/h3,5,7,9-10,12,15H,4,6,8,11H2,1-2H3,(H2,21,26). The molecular formula is C20H23N5O3S. The zero-order valence-corrected chi connectivity index (χ0v) is 17.2. The summed E-state index contributed by atoms with van der Waals surface area (Å²) >= 11 is 0. The molecule has 0 saturated carbocycles. The SMILES string of the molecule is Cc1cnc2c(S(=O)(=O)N3CCCC(c4nn(C)cc4C(N)=O)C3)cccc2c1. The number of fused-ring (bicyclic) bond motifs is 1. The van der Waals surface area contributed by atoms with Crippen LogP contribution in [0.2, 0.25) is 0 Å². The number of amides is 1. The van der Waals surface area contributed by atoms with Gasteiger partial charge in [-0.1, -0.05) is 12.1 Å². The predicted octanol–water partition coefficient (Wildman–Crippen LogP) is 1.94. The summed E-state index contributed by atoms with van der Waals surface area (Å²) in [4.78, 5) is 16.4. The number of piperidine rings is 1. The van der Waals surface area contributed by atoms with E-state index < -0.39 is 15.9 Å². The molecule has 1 saturated heterocycles. The summed E-state index contributed by atoms with van der Waals surface area (Å²) in [5.74, 6) is -0.742. The number of aryl methyl sites for hydroxylation is 2. The molecule has 0 radical (unpaired) electrons. The summed E-state index contributed by atoms with van der Waals surface area (Å²) in [6, 6.07) is 7.12. The number of hydrogen-bond acceptors (Lipinski definition) is 5. The van der Waals surface area contributed by atoms with E-state index in [4.69, 9.17) is 5.73 Å². The normalized spacial score (nSPS) is 18.2. The molecule has 0 spiro atoms. The Labute approximate surface area is 169 Å². The maximum absolute atomic E-state index is 13.5. The van der Waals surface area contributed by atoms with Gasteiger partial charge in [0, 0.05) is 43.8 Å². The molecule has 4 rings (SSSR count). The fourth-order valence-corrected chi connectivity index (χ4v) is 5.66. The molecule has 1 fully saturated rings. The molecular weight excluding hydrogens is 390 g/mol. The highest BCUT2D eigenvalue weighted by Gasteiger charge is 2.34. The second kappa shape index (κ2) is 7.23. The second-order valence-corrected chi connectivity index (χ2v) is 9.42. The van der Waals surface area contributed by atoms with Crippen molar-refractivity contribution in [3.63, 3.8) is 0 Å². The number of aromatic nitrogens is 3. The summed E-state index contributed by atoms with van der Waals surface area (Å²) in [6.45, 7) is 2.59. The van der Waals surface area contributed by atoms with Crippen molar-refractivity contribution >= 4 is 26.8 Å². The van der Waals surface area contributed by atoms with Crippen LogP contribution in [0.5, 0.6) is 0 Å². The van der Waals surface area contributed by atoms with Gasteiger partial charge in [0.25, 0.3) is 5.91 Å². The lowest BCUT2D eigenvalue weighted by Gasteiger charge is -2.31. The number of para-hydroxylation sites is 1. The van der Waals surface area contributed by atoms with Gasteiger partial charge in [0.2, 0.25) is 10.0 Å². The second-order valence-electron chi connectivity index (χ2n) is 7.51. The predicted molar refractivity (Wildman–Crippen MR) is 109 cm³/mol. The Kier molecular flexibility index (Phi) is 4.87. The van der Waals surface area contributed by atoms with Gasteiger partial charge in [0.15, 0.2) is 0 Å². The number of nitrogens with zero attached hydrogens (tertiary/aromatic N) is 4. The van der Waals surface area contributed by atoms with Crippen molar-refractivity contribution in [3.05, 3.63) is 53.5 Å². The van der Waals surface area contributed by atoms with Gasteiger partial charge < -0.3 is 5.73 Å². The molecule has 152 valence electrons. The van der Waals surface area contributed by atoms with Gasteiger partial charge in [0.1, 0.15) is 4.90 Å². The topological polar surface area (TPSA) is 111 Å². The van der Waals surface area contributed by atoms with E-state index in [1.54, 1.807) is 36.3 Å². The van der Waals surface area contributed by atoms with Crippen molar-refractivity contribution < 1.29 is 13.2 Å². The first-order chi connectivity index (χ1) is 13.8. The van der Waals surface area contributed by atoms with Gasteiger partial charge in [-0.2, -0.15) is 9.40 Å². The average molecular weight is 414 g/mol. The number of benzene rings is 1. The maximum atomic E-state index is 13.5. The minimum Gasteiger partial charge on any atom is -0.365 e. The van der Waals surface area contributed by atoms with Crippen molar-refractivity contribution in [2.45, 2.75) is 30.6 Å². The molecule has 1 aliphatic rings. The molecule has 0 aliphatic carbocycles. The summed E-state index contributed by atoms with van der Waals surface area (Å²) < 4.78 is 29.9. The molecule has 3 aromatic rings. The van der Waals surface area contributed by atoms with Crippen LogP contribution in [-0.2, 0) is 17.1 Å². The molecule has 1 atom stereocenters. The first kappa shape index (κ1) is 19.5. The number of sulfonamides is 1. The van der Waals surface area contributed by atoms with E-state index in [0.717, 1.165) is 17.4 Å². The summed E-state index contributed by atoms with van der Waals surface area (Å²) in [7, 11) is -2.03. The quantitative estimate of drug-likeness (QED) is 0.703. The first-order valence-electron chi connectivity index (χ1n) is 9.46. The molecule has 2 aromatic heterocycles. The van der Waals surface area contributed by atoms with Crippen molar-refractivity contribution in [3.8, 4) is 0 Å². The van der Waals surface area contributed by atoms with Gasteiger partial charge in [-0.25, -0.2) is 8.42 Å². The Morgan fingerprint density at radius 2 is 2.10 bits per heavy atom. The molecule has 29 heavy (non-hydrogen) atoms. The number of carbonyl (C=O) groups is 1. The molecule has 1 unspecified atom stereocenters. The lowest BCUT2D eigenvalue weighted by Crippen LogP contribution is -2.39. The van der Waals surface area contributed by atoms with E-state index in [0.29, 0.717) is 29.7 Å². The Bertz CT molecular complexity index is 1200. The number of primary amides is 1. The zero-order valence-electron chi connectivity index (χ0n) is 16.4. The average Bonchev–Trinajstić information content (AvgIpc) is 3.09. The van der Waals surface area contributed by atoms with Crippen LogP contribution >= 0.6 is 0 Å². The van der Waals surface area contributed by atoms with Crippen LogP contribution in [-0.4, -0.2) is 46.5 Å². The fraction of sp³-hybridized carbons (Fsp3) is 0.350. The summed E-state index contributed by atoms with van der Waals surface area (Å²) in [5, 5.41) is 5.18. The molecule has 1 aromatic carbocycles. The van der Waals surface area contributed by atoms with Crippen LogP contribution in [0, 0.1) is 6.92 Å². The Hall–Kier alpha value is -2.78. The molecule has 1 amide bonds. The van der Waals surface area contributed by atoms with Crippen LogP contribution in [0.15, 0.2) is 41.6 Å². The van der Waals surface area contributed by atoms with Gasteiger partial charge >= 0.3 is 0 Å². The van der Waals surface area contributed by atoms with E-state index in [2.05, 4.69) is 10.1 Å². The minimum atomic E-state index is -3.75. The van der Waals surface area contributed by atoms with E-state index in [-0.39, 0.29) is 17.4 Å². The fourth-order valence-electron chi connectivity index (χ4n) is 3.97. The highest BCUT2D eigenvalue weighted by Crippen LogP contribution is 2.32. The smallest absolute Gasteiger partial charge is 0.252 e. The number of nitrogens with two attached hydrogens (primary N) is 1. The molecule has 2 N–H and O–H groups in total. The summed E-state index contributed by atoms with van der Waals surface area (Å²) in [5.41, 5.74) is 7.84. The lowest BCUT2D eigenvalue weighted by atomic mass is 9.93. The molecule has 1 aliphatic heterocycles. The van der Waals surface area contributed by atoms with Gasteiger partial charge in [-0.3, -0.25) is 14.5 Å². The third-order valence-electron chi connectivity index (χ3n) is 5.32. The van der Waals surface area contributed by atoms with Crippen molar-refractivity contribution in [2.24, 2.45) is 12.8 Å². The van der Waals surface area contributed by atoms with Gasteiger partial charge in [0.05, 0.1) is 16.8 Å². The van der Waals surface area contributed by atoms with Crippen molar-refractivity contribution in [2.75, 3.05) is 13.1 Å². The number of pyridine rings is 1. The van der Waals surface area contributed by atoms with Crippen LogP contribution in [0.25, 0.3) is 10.9 Å². The summed E-state index contributed by atoms with van der Waals surface area (Å²) in [6.07, 6.45) is 4.68. The largest absolute Gasteiger partial charge is 0.365 e. The minimum absolute atomic E-state index is 0.188. The monoisotopic (exact) mass is 413 g/mol. The van der Waals surface area contributed by atoms with Crippen molar-refractivity contribution in [1.82, 2.24) is 19.1 Å². The zero-order chi connectivity index (χ0) is 20.8. The van der Waals surface area contributed by atoms with Crippen LogP contribution < -0.4 is 5.73 Å². The molecule has 8 nitrogen and oxygen atoms in total. The van der Waals surface area contributed by atoms with Gasteiger partial charge in [-0.05, 0) is 37.5 Å². The Balaban J connectivity index is 1.71. The van der Waals surface area contributed by atoms with E-state index >= 15 is 0 Å². The van der Waals surface area contributed by atoms with Crippen molar-refractivity contribution in [1.29, 1.82) is 0 Å². The highest BCUT2D eigenvalue weighted by molar-refractivity contribution is 7.89.